The van der Waals surface area contributed by atoms with E-state index in [-0.39, 0.29) is 5.78 Å². The molecule has 1 saturated carbocycles. The summed E-state index contributed by atoms with van der Waals surface area (Å²) in [6.07, 6.45) is 4.08. The first-order valence-electron chi connectivity index (χ1n) is 6.68. The lowest BCUT2D eigenvalue weighted by Crippen LogP contribution is -2.40. The van der Waals surface area contributed by atoms with Gasteiger partial charge >= 0.3 is 0 Å². The minimum atomic E-state index is -0.586. The van der Waals surface area contributed by atoms with E-state index in [2.05, 4.69) is 0 Å². The number of carbonyl (C=O) groups excluding carboxylic acids is 1. The lowest BCUT2D eigenvalue weighted by Gasteiger charge is -2.27. The molecule has 1 fully saturated rings. The standard InChI is InChI=1S/C15H18Cl2O2/c1-2-19-15(7-3-4-8-15)14(18)9-11-5-6-12(16)10-13(11)17/h5-6,10H,2-4,7-9H2,1H3. The minimum Gasteiger partial charge on any atom is -0.367 e. The van der Waals surface area contributed by atoms with Crippen LogP contribution in [0.5, 0.6) is 0 Å². The number of Topliss-reactive ketones (excluding diaryl/α,β-unsaturated/α-hetero) is 1. The van der Waals surface area contributed by atoms with Gasteiger partial charge in [-0.1, -0.05) is 29.3 Å². The van der Waals surface area contributed by atoms with E-state index in [0.29, 0.717) is 23.1 Å². The van der Waals surface area contributed by atoms with Gasteiger partial charge in [-0.05, 0) is 50.3 Å². The summed E-state index contributed by atoms with van der Waals surface area (Å²) in [7, 11) is 0. The molecule has 0 saturated heterocycles. The maximum absolute atomic E-state index is 12.5. The monoisotopic (exact) mass is 300 g/mol. The lowest BCUT2D eigenvalue weighted by molar-refractivity contribution is -0.142. The fourth-order valence-corrected chi connectivity index (χ4v) is 3.20. The van der Waals surface area contributed by atoms with E-state index in [4.69, 9.17) is 27.9 Å². The van der Waals surface area contributed by atoms with Gasteiger partial charge in [0.05, 0.1) is 0 Å². The zero-order chi connectivity index (χ0) is 13.9. The fraction of sp³-hybridized carbons (Fsp3) is 0.533. The Balaban J connectivity index is 2.15. The van der Waals surface area contributed by atoms with Crippen LogP contribution in [0.25, 0.3) is 0 Å². The molecule has 1 aromatic carbocycles. The maximum Gasteiger partial charge on any atom is 0.169 e. The molecule has 19 heavy (non-hydrogen) atoms. The van der Waals surface area contributed by atoms with Crippen molar-refractivity contribution in [2.24, 2.45) is 0 Å². The zero-order valence-corrected chi connectivity index (χ0v) is 12.6. The Morgan fingerprint density at radius 2 is 2.00 bits per heavy atom. The molecule has 0 heterocycles. The molecule has 2 rings (SSSR count). The number of halogens is 2. The molecule has 2 nitrogen and oxygen atoms in total. The van der Waals surface area contributed by atoms with Gasteiger partial charge in [0, 0.05) is 23.1 Å². The van der Waals surface area contributed by atoms with Crippen LogP contribution in [0.1, 0.15) is 38.2 Å². The third kappa shape index (κ3) is 3.31. The number of ether oxygens (including phenoxy) is 1. The van der Waals surface area contributed by atoms with E-state index in [1.54, 1.807) is 12.1 Å². The Bertz CT molecular complexity index is 465. The second-order valence-corrected chi connectivity index (χ2v) is 5.81. The molecule has 0 N–H and O–H groups in total. The Labute approximate surface area is 124 Å². The van der Waals surface area contributed by atoms with Crippen LogP contribution < -0.4 is 0 Å². The van der Waals surface area contributed by atoms with Gasteiger partial charge in [0.1, 0.15) is 5.60 Å². The van der Waals surface area contributed by atoms with Crippen LogP contribution in [0.4, 0.5) is 0 Å². The van der Waals surface area contributed by atoms with Gasteiger partial charge < -0.3 is 4.74 Å². The Kier molecular flexibility index (Phi) is 4.88. The molecule has 4 heteroatoms. The van der Waals surface area contributed by atoms with Gasteiger partial charge in [0.15, 0.2) is 5.78 Å². The van der Waals surface area contributed by atoms with Gasteiger partial charge in [-0.25, -0.2) is 0 Å². The molecule has 0 atom stereocenters. The highest BCUT2D eigenvalue weighted by molar-refractivity contribution is 6.35. The summed E-state index contributed by atoms with van der Waals surface area (Å²) in [4.78, 5) is 12.5. The van der Waals surface area contributed by atoms with E-state index >= 15 is 0 Å². The molecule has 1 aliphatic carbocycles. The molecule has 0 spiro atoms. The normalized spacial score (nSPS) is 17.6. The van der Waals surface area contributed by atoms with Crippen LogP contribution in [-0.4, -0.2) is 18.0 Å². The van der Waals surface area contributed by atoms with Crippen molar-refractivity contribution in [3.63, 3.8) is 0 Å². The number of hydrogen-bond donors (Lipinski definition) is 0. The SMILES string of the molecule is CCOC1(C(=O)Cc2ccc(Cl)cc2Cl)CCCC1. The Morgan fingerprint density at radius 1 is 1.32 bits per heavy atom. The molecule has 0 aromatic heterocycles. The van der Waals surface area contributed by atoms with Gasteiger partial charge in [0.2, 0.25) is 0 Å². The van der Waals surface area contributed by atoms with E-state index in [9.17, 15) is 4.79 Å². The topological polar surface area (TPSA) is 26.3 Å². The second-order valence-electron chi connectivity index (χ2n) is 4.97. The molecule has 104 valence electrons. The summed E-state index contributed by atoms with van der Waals surface area (Å²) in [5.74, 6) is 0.135. The number of hydrogen-bond acceptors (Lipinski definition) is 2. The van der Waals surface area contributed by atoms with Crippen molar-refractivity contribution < 1.29 is 9.53 Å². The molecular weight excluding hydrogens is 283 g/mol. The van der Waals surface area contributed by atoms with Crippen molar-refractivity contribution in [3.05, 3.63) is 33.8 Å². The first-order valence-corrected chi connectivity index (χ1v) is 7.44. The summed E-state index contributed by atoms with van der Waals surface area (Å²) >= 11 is 12.0. The van der Waals surface area contributed by atoms with E-state index < -0.39 is 5.60 Å². The zero-order valence-electron chi connectivity index (χ0n) is 11.0. The van der Waals surface area contributed by atoms with E-state index in [1.807, 2.05) is 13.0 Å². The smallest absolute Gasteiger partial charge is 0.169 e. The predicted molar refractivity (Wildman–Crippen MR) is 78.0 cm³/mol. The molecule has 0 bridgehead atoms. The average Bonchev–Trinajstić information content (AvgIpc) is 2.83. The third-order valence-electron chi connectivity index (χ3n) is 3.71. The van der Waals surface area contributed by atoms with Crippen LogP contribution >= 0.6 is 23.2 Å². The largest absolute Gasteiger partial charge is 0.367 e. The van der Waals surface area contributed by atoms with E-state index in [0.717, 1.165) is 31.2 Å². The molecule has 0 amide bonds. The highest BCUT2D eigenvalue weighted by atomic mass is 35.5. The van der Waals surface area contributed by atoms with Crippen molar-refractivity contribution in [2.45, 2.75) is 44.6 Å². The molecule has 1 aliphatic rings. The molecule has 1 aromatic rings. The first-order chi connectivity index (χ1) is 9.07. The predicted octanol–water partition coefficient (Wildman–Crippen LogP) is 4.45. The third-order valence-corrected chi connectivity index (χ3v) is 4.29. The fourth-order valence-electron chi connectivity index (χ4n) is 2.73. The minimum absolute atomic E-state index is 0.135. The second kappa shape index (κ2) is 6.25. The Morgan fingerprint density at radius 3 is 2.58 bits per heavy atom. The van der Waals surface area contributed by atoms with Gasteiger partial charge in [-0.15, -0.1) is 0 Å². The number of benzene rings is 1. The summed E-state index contributed by atoms with van der Waals surface area (Å²) < 4.78 is 5.77. The van der Waals surface area contributed by atoms with Crippen LogP contribution in [0, 0.1) is 0 Å². The van der Waals surface area contributed by atoms with Crippen molar-refractivity contribution in [2.75, 3.05) is 6.61 Å². The average molecular weight is 301 g/mol. The summed E-state index contributed by atoms with van der Waals surface area (Å²) in [6.45, 7) is 2.50. The maximum atomic E-state index is 12.5. The summed E-state index contributed by atoms with van der Waals surface area (Å²) in [6, 6.07) is 5.25. The van der Waals surface area contributed by atoms with Crippen LogP contribution in [0.3, 0.4) is 0 Å². The summed E-state index contributed by atoms with van der Waals surface area (Å²) in [5, 5.41) is 1.13. The molecule has 0 aliphatic heterocycles. The van der Waals surface area contributed by atoms with Crippen molar-refractivity contribution in [1.82, 2.24) is 0 Å². The number of carbonyl (C=O) groups is 1. The first kappa shape index (κ1) is 14.8. The highest BCUT2D eigenvalue weighted by Gasteiger charge is 2.41. The van der Waals surface area contributed by atoms with Crippen LogP contribution in [0.15, 0.2) is 18.2 Å². The Hall–Kier alpha value is -0.570. The molecule has 0 radical (unpaired) electrons. The molecular formula is C15H18Cl2O2. The number of rotatable bonds is 5. The van der Waals surface area contributed by atoms with Gasteiger partial charge in [-0.2, -0.15) is 0 Å². The van der Waals surface area contributed by atoms with Crippen molar-refractivity contribution in [1.29, 1.82) is 0 Å². The number of ketones is 1. The van der Waals surface area contributed by atoms with Gasteiger partial charge in [-0.3, -0.25) is 4.79 Å². The van der Waals surface area contributed by atoms with E-state index in [1.165, 1.54) is 0 Å². The molecule has 0 unspecified atom stereocenters. The van der Waals surface area contributed by atoms with Crippen molar-refractivity contribution in [3.8, 4) is 0 Å². The van der Waals surface area contributed by atoms with Crippen LogP contribution in [-0.2, 0) is 16.0 Å². The lowest BCUT2D eigenvalue weighted by atomic mass is 9.91. The van der Waals surface area contributed by atoms with Gasteiger partial charge in [0.25, 0.3) is 0 Å². The quantitative estimate of drug-likeness (QED) is 0.803. The summed E-state index contributed by atoms with van der Waals surface area (Å²) in [5.41, 5.74) is 0.236. The van der Waals surface area contributed by atoms with Crippen molar-refractivity contribution >= 4 is 29.0 Å². The van der Waals surface area contributed by atoms with Crippen LogP contribution in [0.2, 0.25) is 10.0 Å². The highest BCUT2D eigenvalue weighted by Crippen LogP contribution is 2.35.